The average Bonchev–Trinajstić information content (AvgIpc) is 3.02. The van der Waals surface area contributed by atoms with Gasteiger partial charge < -0.3 is 15.8 Å². The molecule has 3 N–H and O–H groups in total. The van der Waals surface area contributed by atoms with E-state index in [1.165, 1.54) is 29.5 Å². The van der Waals surface area contributed by atoms with Crippen molar-refractivity contribution in [3.8, 4) is 16.3 Å². The van der Waals surface area contributed by atoms with Crippen molar-refractivity contribution in [2.45, 2.75) is 19.8 Å². The first-order valence-electron chi connectivity index (χ1n) is 8.25. The van der Waals surface area contributed by atoms with Gasteiger partial charge in [0.1, 0.15) is 5.01 Å². The van der Waals surface area contributed by atoms with Gasteiger partial charge in [-0.15, -0.1) is 48.5 Å². The molecule has 0 aliphatic heterocycles. The first-order valence-corrected chi connectivity index (χ1v) is 9.07. The van der Waals surface area contributed by atoms with Crippen molar-refractivity contribution in [3.63, 3.8) is 0 Å². The highest BCUT2D eigenvalue weighted by atomic mass is 127. The zero-order valence-corrected chi connectivity index (χ0v) is 18.4. The van der Waals surface area contributed by atoms with Crippen molar-refractivity contribution < 1.29 is 17.9 Å². The first-order chi connectivity index (χ1) is 13.3. The van der Waals surface area contributed by atoms with Crippen LogP contribution >= 0.6 is 35.3 Å². The molecular formula is C19H18F3IN4OS. The van der Waals surface area contributed by atoms with Gasteiger partial charge in [0.05, 0.1) is 17.9 Å². The number of alkyl halides is 3. The average molecular weight is 534 g/mol. The molecule has 3 rings (SSSR count). The summed E-state index contributed by atoms with van der Waals surface area (Å²) in [6.07, 6.45) is -4.79. The number of hydrogen-bond acceptors (Lipinski definition) is 4. The van der Waals surface area contributed by atoms with E-state index in [9.17, 15) is 13.2 Å². The Balaban J connectivity index is 0.00000300. The largest absolute Gasteiger partial charge is 0.573 e. The third kappa shape index (κ3) is 6.60. The maximum atomic E-state index is 12.5. The van der Waals surface area contributed by atoms with Crippen LogP contribution in [-0.2, 0) is 6.54 Å². The molecule has 2 aromatic carbocycles. The van der Waals surface area contributed by atoms with E-state index < -0.39 is 6.36 Å². The van der Waals surface area contributed by atoms with Gasteiger partial charge in [0.25, 0.3) is 0 Å². The predicted molar refractivity (Wildman–Crippen MR) is 120 cm³/mol. The number of nitrogens with zero attached hydrogens (tertiary/aromatic N) is 2. The molecular weight excluding hydrogens is 516 g/mol. The second-order valence-electron chi connectivity index (χ2n) is 5.76. The smallest absolute Gasteiger partial charge is 0.404 e. The second kappa shape index (κ2) is 9.92. The van der Waals surface area contributed by atoms with Crippen molar-refractivity contribution in [3.05, 3.63) is 65.2 Å². The number of guanidine groups is 1. The highest BCUT2D eigenvalue weighted by molar-refractivity contribution is 14.0. The number of aryl methyl sites for hydroxylation is 1. The summed E-state index contributed by atoms with van der Waals surface area (Å²) in [6, 6.07) is 15.4. The van der Waals surface area contributed by atoms with Gasteiger partial charge in [-0.1, -0.05) is 42.5 Å². The van der Waals surface area contributed by atoms with E-state index in [0.29, 0.717) is 0 Å². The van der Waals surface area contributed by atoms with E-state index in [0.717, 1.165) is 21.1 Å². The topological polar surface area (TPSA) is 72.5 Å². The van der Waals surface area contributed by atoms with Crippen molar-refractivity contribution in [1.82, 2.24) is 4.98 Å². The lowest BCUT2D eigenvalue weighted by atomic mass is 10.2. The highest BCUT2D eigenvalue weighted by Gasteiger charge is 2.32. The molecule has 0 amide bonds. The van der Waals surface area contributed by atoms with Crippen LogP contribution in [0.3, 0.4) is 0 Å². The lowest BCUT2D eigenvalue weighted by Crippen LogP contribution is -2.24. The normalized spacial score (nSPS) is 11.7. The first kappa shape index (κ1) is 22.9. The summed E-state index contributed by atoms with van der Waals surface area (Å²) in [5.41, 5.74) is 7.76. The zero-order valence-electron chi connectivity index (χ0n) is 15.2. The molecule has 0 saturated heterocycles. The van der Waals surface area contributed by atoms with Crippen molar-refractivity contribution in [2.24, 2.45) is 10.7 Å². The summed E-state index contributed by atoms with van der Waals surface area (Å²) < 4.78 is 41.5. The Kier molecular flexibility index (Phi) is 7.85. The Morgan fingerprint density at radius 1 is 1.14 bits per heavy atom. The minimum atomic E-state index is -4.79. The van der Waals surface area contributed by atoms with Crippen LogP contribution in [0.2, 0.25) is 0 Å². The second-order valence-corrected chi connectivity index (χ2v) is 6.85. The third-order valence-corrected chi connectivity index (χ3v) is 4.87. The van der Waals surface area contributed by atoms with Crippen LogP contribution in [0, 0.1) is 6.92 Å². The number of nitrogens with two attached hydrogens (primary N) is 1. The fourth-order valence-corrected chi connectivity index (χ4v) is 3.39. The molecule has 29 heavy (non-hydrogen) atoms. The predicted octanol–water partition coefficient (Wildman–Crippen LogP) is 5.56. The number of halogens is 4. The number of thiazole rings is 1. The van der Waals surface area contributed by atoms with Crippen LogP contribution in [0.1, 0.15) is 10.6 Å². The molecule has 0 radical (unpaired) electrons. The number of ether oxygens (including phenoxy) is 1. The van der Waals surface area contributed by atoms with Crippen LogP contribution in [0.4, 0.5) is 18.9 Å². The highest BCUT2D eigenvalue weighted by Crippen LogP contribution is 2.30. The number of hydrogen-bond donors (Lipinski definition) is 2. The molecule has 1 heterocycles. The number of rotatable bonds is 5. The fraction of sp³-hybridized carbons (Fsp3) is 0.158. The fourth-order valence-electron chi connectivity index (χ4n) is 2.40. The molecule has 0 atom stereocenters. The van der Waals surface area contributed by atoms with Gasteiger partial charge in [0.2, 0.25) is 0 Å². The number of benzene rings is 2. The van der Waals surface area contributed by atoms with Gasteiger partial charge in [-0.25, -0.2) is 9.98 Å². The van der Waals surface area contributed by atoms with Gasteiger partial charge in [-0.3, -0.25) is 0 Å². The van der Waals surface area contributed by atoms with E-state index in [4.69, 9.17) is 5.73 Å². The summed E-state index contributed by atoms with van der Waals surface area (Å²) in [5, 5.41) is 3.52. The minimum Gasteiger partial charge on any atom is -0.404 e. The molecule has 0 aliphatic rings. The zero-order chi connectivity index (χ0) is 20.1. The minimum absolute atomic E-state index is 0. The Bertz CT molecular complexity index is 977. The lowest BCUT2D eigenvalue weighted by molar-refractivity contribution is -0.274. The summed E-state index contributed by atoms with van der Waals surface area (Å²) in [5.74, 6) is -0.402. The van der Waals surface area contributed by atoms with E-state index >= 15 is 0 Å². The van der Waals surface area contributed by atoms with Gasteiger partial charge in [0, 0.05) is 10.4 Å². The van der Waals surface area contributed by atoms with Crippen LogP contribution in [0.25, 0.3) is 10.6 Å². The number of aromatic nitrogens is 1. The summed E-state index contributed by atoms with van der Waals surface area (Å²) in [6.45, 7) is 2.14. The Hall–Kier alpha value is -2.34. The maximum Gasteiger partial charge on any atom is 0.573 e. The number of para-hydroxylation sites is 2. The Morgan fingerprint density at radius 2 is 1.79 bits per heavy atom. The SMILES string of the molecule is Cc1nc(-c2ccccc2)sc1CN=C(N)Nc1ccccc1OC(F)(F)F.I. The monoisotopic (exact) mass is 534 g/mol. The van der Waals surface area contributed by atoms with Gasteiger partial charge >= 0.3 is 6.36 Å². The molecule has 154 valence electrons. The molecule has 0 fully saturated rings. The quantitative estimate of drug-likeness (QED) is 0.256. The number of aliphatic imine (C=N–C) groups is 1. The van der Waals surface area contributed by atoms with Crippen LogP contribution in [0.5, 0.6) is 5.75 Å². The van der Waals surface area contributed by atoms with E-state index in [-0.39, 0.29) is 47.9 Å². The summed E-state index contributed by atoms with van der Waals surface area (Å²) in [4.78, 5) is 9.67. The number of anilines is 1. The van der Waals surface area contributed by atoms with Gasteiger partial charge in [-0.2, -0.15) is 0 Å². The van der Waals surface area contributed by atoms with E-state index in [1.54, 1.807) is 6.07 Å². The summed E-state index contributed by atoms with van der Waals surface area (Å²) in [7, 11) is 0. The molecule has 0 unspecified atom stereocenters. The third-order valence-electron chi connectivity index (χ3n) is 3.68. The van der Waals surface area contributed by atoms with Gasteiger partial charge in [0.15, 0.2) is 11.7 Å². The van der Waals surface area contributed by atoms with Crippen LogP contribution < -0.4 is 15.8 Å². The molecule has 0 saturated carbocycles. The Labute approximate surface area is 186 Å². The van der Waals surface area contributed by atoms with Crippen molar-refractivity contribution in [2.75, 3.05) is 5.32 Å². The van der Waals surface area contributed by atoms with E-state index in [1.807, 2.05) is 37.3 Å². The lowest BCUT2D eigenvalue weighted by Gasteiger charge is -2.14. The molecule has 5 nitrogen and oxygen atoms in total. The van der Waals surface area contributed by atoms with Crippen molar-refractivity contribution in [1.29, 1.82) is 0 Å². The summed E-state index contributed by atoms with van der Waals surface area (Å²) >= 11 is 1.50. The molecule has 1 aromatic heterocycles. The Morgan fingerprint density at radius 3 is 2.48 bits per heavy atom. The molecule has 10 heteroatoms. The molecule has 0 aliphatic carbocycles. The molecule has 3 aromatic rings. The van der Waals surface area contributed by atoms with E-state index in [2.05, 4.69) is 20.0 Å². The molecule has 0 spiro atoms. The molecule has 0 bridgehead atoms. The van der Waals surface area contributed by atoms with Crippen molar-refractivity contribution >= 4 is 47.0 Å². The standard InChI is InChI=1S/C19H17F3N4OS.HI/c1-12-16(28-17(25-12)13-7-3-2-4-8-13)11-24-18(23)26-14-9-5-6-10-15(14)27-19(20,21)22;/h2-10H,11H2,1H3,(H3,23,24,26);1H. The maximum absolute atomic E-state index is 12.5. The van der Waals surface area contributed by atoms with Crippen LogP contribution in [0.15, 0.2) is 59.6 Å². The number of nitrogens with one attached hydrogen (secondary N) is 1. The van der Waals surface area contributed by atoms with Gasteiger partial charge in [-0.05, 0) is 19.1 Å². The van der Waals surface area contributed by atoms with Crippen LogP contribution in [-0.4, -0.2) is 17.3 Å².